The highest BCUT2D eigenvalue weighted by Gasteiger charge is 2.17. The van der Waals surface area contributed by atoms with Gasteiger partial charge in [0.15, 0.2) is 23.0 Å². The average Bonchev–Trinajstić information content (AvgIpc) is 2.75. The van der Waals surface area contributed by atoms with Crippen molar-refractivity contribution in [2.24, 2.45) is 0 Å². The maximum atomic E-state index is 5.83. The van der Waals surface area contributed by atoms with Crippen molar-refractivity contribution < 1.29 is 37.9 Å². The topological polar surface area (TPSA) is 73.8 Å². The lowest BCUT2D eigenvalue weighted by Gasteiger charge is -2.17. The van der Waals surface area contributed by atoms with Crippen LogP contribution in [-0.4, -0.2) is 55.9 Å². The van der Waals surface area contributed by atoms with E-state index in [0.29, 0.717) is 46.0 Å². The van der Waals surface area contributed by atoms with E-state index in [2.05, 4.69) is 0 Å². The van der Waals surface area contributed by atoms with Crippen molar-refractivity contribution in [1.82, 2.24) is 0 Å². The van der Waals surface area contributed by atoms with E-state index in [1.54, 1.807) is 66.9 Å². The van der Waals surface area contributed by atoms with Crippen LogP contribution in [0.15, 0.2) is 24.3 Å². The third-order valence-corrected chi connectivity index (χ3v) is 3.92. The summed E-state index contributed by atoms with van der Waals surface area (Å²) in [6.07, 6.45) is 0. The maximum Gasteiger partial charge on any atom is 0.203 e. The monoisotopic (exact) mass is 394 g/mol. The van der Waals surface area contributed by atoms with Crippen LogP contribution >= 0.6 is 0 Å². The van der Waals surface area contributed by atoms with Crippen LogP contribution in [0.4, 0.5) is 0 Å². The fourth-order valence-electron chi connectivity index (χ4n) is 2.52. The second-order valence-corrected chi connectivity index (χ2v) is 5.42. The number of ether oxygens (including phenoxy) is 8. The number of rotatable bonds is 11. The molecule has 0 atom stereocenters. The minimum Gasteiger partial charge on any atom is -0.496 e. The van der Waals surface area contributed by atoms with Crippen LogP contribution in [-0.2, 0) is 0 Å². The summed E-state index contributed by atoms with van der Waals surface area (Å²) < 4.78 is 43.6. The van der Waals surface area contributed by atoms with Gasteiger partial charge in [-0.15, -0.1) is 0 Å². The SMILES string of the molecule is COc1cc(OC)c(OCCOc2c(OC)cc(OC)cc2OC)c(OC)c1. The van der Waals surface area contributed by atoms with E-state index in [-0.39, 0.29) is 13.2 Å². The van der Waals surface area contributed by atoms with Crippen LogP contribution in [0.5, 0.6) is 46.0 Å². The van der Waals surface area contributed by atoms with E-state index >= 15 is 0 Å². The molecule has 0 amide bonds. The summed E-state index contributed by atoms with van der Waals surface area (Å²) in [6, 6.07) is 6.87. The Balaban J connectivity index is 2.11. The van der Waals surface area contributed by atoms with E-state index in [4.69, 9.17) is 37.9 Å². The zero-order valence-electron chi connectivity index (χ0n) is 17.0. The van der Waals surface area contributed by atoms with Crippen molar-refractivity contribution >= 4 is 0 Å². The van der Waals surface area contributed by atoms with Gasteiger partial charge in [0.1, 0.15) is 24.7 Å². The van der Waals surface area contributed by atoms with E-state index < -0.39 is 0 Å². The molecule has 154 valence electrons. The molecule has 0 saturated carbocycles. The molecule has 0 fully saturated rings. The van der Waals surface area contributed by atoms with Crippen LogP contribution < -0.4 is 37.9 Å². The molecule has 2 rings (SSSR count). The molecule has 0 radical (unpaired) electrons. The third kappa shape index (κ3) is 4.76. The summed E-state index contributed by atoms with van der Waals surface area (Å²) in [7, 11) is 9.32. The molecule has 2 aromatic rings. The fraction of sp³-hybridized carbons (Fsp3) is 0.400. The molecule has 0 unspecified atom stereocenters. The molecule has 0 aliphatic carbocycles. The third-order valence-electron chi connectivity index (χ3n) is 3.92. The zero-order chi connectivity index (χ0) is 20.5. The van der Waals surface area contributed by atoms with E-state index in [1.807, 2.05) is 0 Å². The van der Waals surface area contributed by atoms with Gasteiger partial charge < -0.3 is 37.9 Å². The number of hydrogen-bond donors (Lipinski definition) is 0. The van der Waals surface area contributed by atoms with Gasteiger partial charge in [-0.1, -0.05) is 0 Å². The first kappa shape index (κ1) is 21.1. The van der Waals surface area contributed by atoms with Crippen molar-refractivity contribution in [3.63, 3.8) is 0 Å². The molecular formula is C20H26O8. The van der Waals surface area contributed by atoms with Gasteiger partial charge in [0.2, 0.25) is 11.5 Å². The van der Waals surface area contributed by atoms with Gasteiger partial charge in [0, 0.05) is 24.3 Å². The summed E-state index contributed by atoms with van der Waals surface area (Å²) in [6.45, 7) is 0.467. The second-order valence-electron chi connectivity index (χ2n) is 5.42. The maximum absolute atomic E-state index is 5.83. The molecule has 2 aromatic carbocycles. The quantitative estimate of drug-likeness (QED) is 0.538. The summed E-state index contributed by atoms with van der Waals surface area (Å²) in [5, 5.41) is 0. The van der Waals surface area contributed by atoms with E-state index in [0.717, 1.165) is 0 Å². The minimum absolute atomic E-state index is 0.234. The van der Waals surface area contributed by atoms with E-state index in [1.165, 1.54) is 0 Å². The van der Waals surface area contributed by atoms with Crippen LogP contribution in [0.3, 0.4) is 0 Å². The van der Waals surface area contributed by atoms with Crippen molar-refractivity contribution in [3.8, 4) is 46.0 Å². The Bertz CT molecular complexity index is 659. The molecule has 8 heteroatoms. The lowest BCUT2D eigenvalue weighted by atomic mass is 10.2. The van der Waals surface area contributed by atoms with Gasteiger partial charge in [-0.2, -0.15) is 0 Å². The van der Waals surface area contributed by atoms with Gasteiger partial charge in [-0.3, -0.25) is 0 Å². The molecule has 0 N–H and O–H groups in total. The normalized spacial score (nSPS) is 10.1. The highest BCUT2D eigenvalue weighted by Crippen LogP contribution is 2.42. The van der Waals surface area contributed by atoms with Gasteiger partial charge in [0.25, 0.3) is 0 Å². The van der Waals surface area contributed by atoms with Crippen molar-refractivity contribution in [2.45, 2.75) is 0 Å². The molecule has 8 nitrogen and oxygen atoms in total. The molecule has 0 bridgehead atoms. The van der Waals surface area contributed by atoms with Crippen LogP contribution in [0.2, 0.25) is 0 Å². The summed E-state index contributed by atoms with van der Waals surface area (Å²) in [5.74, 6) is 4.11. The zero-order valence-corrected chi connectivity index (χ0v) is 17.0. The van der Waals surface area contributed by atoms with Crippen molar-refractivity contribution in [2.75, 3.05) is 55.9 Å². The summed E-state index contributed by atoms with van der Waals surface area (Å²) >= 11 is 0. The average molecular weight is 394 g/mol. The second kappa shape index (κ2) is 10.2. The lowest BCUT2D eigenvalue weighted by molar-refractivity contribution is 0.194. The van der Waals surface area contributed by atoms with Crippen molar-refractivity contribution in [3.05, 3.63) is 24.3 Å². The molecule has 0 aromatic heterocycles. The Morgan fingerprint density at radius 2 is 0.750 bits per heavy atom. The fourth-order valence-corrected chi connectivity index (χ4v) is 2.52. The lowest BCUT2D eigenvalue weighted by Crippen LogP contribution is -2.11. The van der Waals surface area contributed by atoms with E-state index in [9.17, 15) is 0 Å². The first-order valence-electron chi connectivity index (χ1n) is 8.47. The minimum atomic E-state index is 0.234. The Kier molecular flexibility index (Phi) is 7.74. The Labute approximate surface area is 164 Å². The molecule has 0 saturated heterocycles. The molecule has 0 aliphatic heterocycles. The molecular weight excluding hydrogens is 368 g/mol. The van der Waals surface area contributed by atoms with Crippen molar-refractivity contribution in [1.29, 1.82) is 0 Å². The Morgan fingerprint density at radius 3 is 0.964 bits per heavy atom. The molecule has 0 aliphatic rings. The molecule has 28 heavy (non-hydrogen) atoms. The number of methoxy groups -OCH3 is 6. The van der Waals surface area contributed by atoms with Gasteiger partial charge in [-0.25, -0.2) is 0 Å². The van der Waals surface area contributed by atoms with Crippen LogP contribution in [0.25, 0.3) is 0 Å². The summed E-state index contributed by atoms with van der Waals surface area (Å²) in [5.41, 5.74) is 0. The number of hydrogen-bond acceptors (Lipinski definition) is 8. The van der Waals surface area contributed by atoms with Crippen LogP contribution in [0, 0.1) is 0 Å². The predicted octanol–water partition coefficient (Wildman–Crippen LogP) is 3.20. The smallest absolute Gasteiger partial charge is 0.203 e. The van der Waals surface area contributed by atoms with Gasteiger partial charge >= 0.3 is 0 Å². The standard InChI is InChI=1S/C20H26O8/c1-21-13-9-15(23-3)19(16(10-13)24-4)27-7-8-28-20-17(25-5)11-14(22-2)12-18(20)26-6/h9-12H,7-8H2,1-6H3. The largest absolute Gasteiger partial charge is 0.496 e. The van der Waals surface area contributed by atoms with Gasteiger partial charge in [-0.05, 0) is 0 Å². The highest BCUT2D eigenvalue weighted by atomic mass is 16.6. The first-order chi connectivity index (χ1) is 13.6. The first-order valence-corrected chi connectivity index (χ1v) is 8.47. The van der Waals surface area contributed by atoms with Crippen LogP contribution in [0.1, 0.15) is 0 Å². The Morgan fingerprint density at radius 1 is 0.464 bits per heavy atom. The predicted molar refractivity (Wildman–Crippen MR) is 103 cm³/mol. The molecule has 0 spiro atoms. The Hall–Kier alpha value is -3.16. The molecule has 0 heterocycles. The highest BCUT2D eigenvalue weighted by molar-refractivity contribution is 5.57. The number of benzene rings is 2. The summed E-state index contributed by atoms with van der Waals surface area (Å²) in [4.78, 5) is 0. The van der Waals surface area contributed by atoms with Gasteiger partial charge in [0.05, 0.1) is 42.7 Å².